The fraction of sp³-hybridized carbons (Fsp3) is 0.429. The highest BCUT2D eigenvalue weighted by atomic mass is 32.2. The van der Waals surface area contributed by atoms with Crippen LogP contribution in [0.5, 0.6) is 0 Å². The van der Waals surface area contributed by atoms with E-state index in [0.717, 1.165) is 17.2 Å². The summed E-state index contributed by atoms with van der Waals surface area (Å²) < 4.78 is 0. The molecule has 0 bridgehead atoms. The highest BCUT2D eigenvalue weighted by Crippen LogP contribution is 2.10. The second kappa shape index (κ2) is 7.31. The molecule has 2 rings (SSSR count). The number of hydrogen-bond acceptors (Lipinski definition) is 4. The van der Waals surface area contributed by atoms with Crippen molar-refractivity contribution in [1.82, 2.24) is 16.0 Å². The quantitative estimate of drug-likeness (QED) is 0.748. The van der Waals surface area contributed by atoms with Gasteiger partial charge in [-0.1, -0.05) is 12.1 Å². The van der Waals surface area contributed by atoms with Gasteiger partial charge in [-0.25, -0.2) is 0 Å². The fourth-order valence-electron chi connectivity index (χ4n) is 1.96. The summed E-state index contributed by atoms with van der Waals surface area (Å²) in [6.45, 7) is 2.92. The number of amides is 2. The van der Waals surface area contributed by atoms with Gasteiger partial charge < -0.3 is 10.6 Å². The largest absolute Gasteiger partial charge is 0.352 e. The van der Waals surface area contributed by atoms with E-state index in [1.807, 2.05) is 25.1 Å². The molecular formula is C14H19N3O2S. The number of nitrogens with one attached hydrogen (secondary N) is 3. The van der Waals surface area contributed by atoms with Crippen LogP contribution in [0.1, 0.15) is 22.8 Å². The number of benzene rings is 1. The summed E-state index contributed by atoms with van der Waals surface area (Å²) in [6, 6.07) is 7.20. The van der Waals surface area contributed by atoms with Crippen molar-refractivity contribution >= 4 is 23.6 Å². The molecule has 0 saturated carbocycles. The van der Waals surface area contributed by atoms with E-state index in [1.54, 1.807) is 17.8 Å². The van der Waals surface area contributed by atoms with Gasteiger partial charge in [-0.3, -0.25) is 14.9 Å². The first kappa shape index (κ1) is 14.9. The van der Waals surface area contributed by atoms with Crippen molar-refractivity contribution in [1.29, 1.82) is 0 Å². The molecule has 108 valence electrons. The lowest BCUT2D eigenvalue weighted by atomic mass is 10.1. The molecular weight excluding hydrogens is 274 g/mol. The van der Waals surface area contributed by atoms with Gasteiger partial charge in [0.25, 0.3) is 5.91 Å². The summed E-state index contributed by atoms with van der Waals surface area (Å²) in [4.78, 5) is 23.6. The topological polar surface area (TPSA) is 70.2 Å². The van der Waals surface area contributed by atoms with E-state index in [9.17, 15) is 9.59 Å². The summed E-state index contributed by atoms with van der Waals surface area (Å²) in [5.74, 6) is 1.56. The Morgan fingerprint density at radius 2 is 2.25 bits per heavy atom. The standard InChI is InChI=1S/C14H19N3O2S/c1-2-15-13(18)11-5-3-4-10(6-11)7-16-14(19)12-8-20-9-17-12/h3-6,12,17H,2,7-9H2,1H3,(H,15,18)(H,16,19). The van der Waals surface area contributed by atoms with Gasteiger partial charge in [-0.15, -0.1) is 11.8 Å². The Morgan fingerprint density at radius 1 is 1.40 bits per heavy atom. The summed E-state index contributed by atoms with van der Waals surface area (Å²) >= 11 is 1.72. The van der Waals surface area contributed by atoms with Gasteiger partial charge in [0.2, 0.25) is 5.91 Å². The molecule has 1 atom stereocenters. The Morgan fingerprint density at radius 3 is 2.95 bits per heavy atom. The third-order valence-electron chi connectivity index (χ3n) is 3.03. The molecule has 2 amide bonds. The molecule has 1 aromatic rings. The van der Waals surface area contributed by atoms with Gasteiger partial charge in [-0.05, 0) is 24.6 Å². The summed E-state index contributed by atoms with van der Waals surface area (Å²) in [5, 5.41) is 8.78. The van der Waals surface area contributed by atoms with Gasteiger partial charge in [-0.2, -0.15) is 0 Å². The molecule has 1 aliphatic rings. The van der Waals surface area contributed by atoms with E-state index >= 15 is 0 Å². The second-order valence-electron chi connectivity index (χ2n) is 4.55. The molecule has 3 N–H and O–H groups in total. The highest BCUT2D eigenvalue weighted by Gasteiger charge is 2.21. The lowest BCUT2D eigenvalue weighted by molar-refractivity contribution is -0.122. The Bertz CT molecular complexity index is 487. The van der Waals surface area contributed by atoms with Crippen LogP contribution in [0.25, 0.3) is 0 Å². The normalized spacial score (nSPS) is 17.8. The Kier molecular flexibility index (Phi) is 5.43. The zero-order valence-electron chi connectivity index (χ0n) is 11.4. The molecule has 20 heavy (non-hydrogen) atoms. The van der Waals surface area contributed by atoms with Crippen molar-refractivity contribution in [2.24, 2.45) is 0 Å². The molecule has 0 spiro atoms. The van der Waals surface area contributed by atoms with E-state index in [1.165, 1.54) is 0 Å². The number of hydrogen-bond donors (Lipinski definition) is 3. The van der Waals surface area contributed by atoms with Gasteiger partial charge >= 0.3 is 0 Å². The van der Waals surface area contributed by atoms with Gasteiger partial charge in [0, 0.05) is 30.3 Å². The van der Waals surface area contributed by atoms with E-state index in [-0.39, 0.29) is 17.9 Å². The third kappa shape index (κ3) is 3.98. The summed E-state index contributed by atoms with van der Waals surface area (Å²) in [7, 11) is 0. The van der Waals surface area contributed by atoms with E-state index < -0.39 is 0 Å². The SMILES string of the molecule is CCNC(=O)c1cccc(CNC(=O)C2CSCN2)c1. The lowest BCUT2D eigenvalue weighted by Gasteiger charge is -2.11. The van der Waals surface area contributed by atoms with E-state index in [0.29, 0.717) is 18.7 Å². The highest BCUT2D eigenvalue weighted by molar-refractivity contribution is 7.99. The fourth-order valence-corrected chi connectivity index (χ4v) is 2.90. The van der Waals surface area contributed by atoms with E-state index in [2.05, 4.69) is 16.0 Å². The van der Waals surface area contributed by atoms with Crippen molar-refractivity contribution < 1.29 is 9.59 Å². The molecule has 0 radical (unpaired) electrons. The predicted molar refractivity (Wildman–Crippen MR) is 80.5 cm³/mol. The number of thioether (sulfide) groups is 1. The molecule has 1 aliphatic heterocycles. The average Bonchev–Trinajstić information content (AvgIpc) is 2.99. The minimum atomic E-state index is -0.105. The smallest absolute Gasteiger partial charge is 0.251 e. The van der Waals surface area contributed by atoms with Crippen molar-refractivity contribution in [3.63, 3.8) is 0 Å². The first-order valence-corrected chi connectivity index (χ1v) is 7.82. The first-order valence-electron chi connectivity index (χ1n) is 6.66. The zero-order valence-corrected chi connectivity index (χ0v) is 12.3. The van der Waals surface area contributed by atoms with Crippen LogP contribution in [0.15, 0.2) is 24.3 Å². The molecule has 6 heteroatoms. The number of carbonyl (C=O) groups excluding carboxylic acids is 2. The Labute approximate surface area is 122 Å². The molecule has 1 saturated heterocycles. The van der Waals surface area contributed by atoms with Crippen LogP contribution in [-0.4, -0.2) is 36.0 Å². The minimum Gasteiger partial charge on any atom is -0.352 e. The monoisotopic (exact) mass is 293 g/mol. The molecule has 0 aliphatic carbocycles. The van der Waals surface area contributed by atoms with Crippen LogP contribution in [0.2, 0.25) is 0 Å². The van der Waals surface area contributed by atoms with Crippen molar-refractivity contribution in [3.8, 4) is 0 Å². The molecule has 1 aromatic carbocycles. The predicted octanol–water partition coefficient (Wildman–Crippen LogP) is 0.715. The van der Waals surface area contributed by atoms with Crippen molar-refractivity contribution in [2.75, 3.05) is 18.2 Å². The Balaban J connectivity index is 1.90. The number of rotatable bonds is 5. The van der Waals surface area contributed by atoms with Crippen molar-refractivity contribution in [2.45, 2.75) is 19.5 Å². The molecule has 1 heterocycles. The van der Waals surface area contributed by atoms with Crippen LogP contribution < -0.4 is 16.0 Å². The second-order valence-corrected chi connectivity index (χ2v) is 5.58. The molecule has 5 nitrogen and oxygen atoms in total. The van der Waals surface area contributed by atoms with Crippen LogP contribution in [0.4, 0.5) is 0 Å². The lowest BCUT2D eigenvalue weighted by Crippen LogP contribution is -2.41. The zero-order chi connectivity index (χ0) is 14.4. The summed E-state index contributed by atoms with van der Waals surface area (Å²) in [5.41, 5.74) is 1.54. The van der Waals surface area contributed by atoms with E-state index in [4.69, 9.17) is 0 Å². The van der Waals surface area contributed by atoms with Gasteiger partial charge in [0.15, 0.2) is 0 Å². The first-order chi connectivity index (χ1) is 9.70. The van der Waals surface area contributed by atoms with Crippen molar-refractivity contribution in [3.05, 3.63) is 35.4 Å². The van der Waals surface area contributed by atoms with Crippen LogP contribution in [0, 0.1) is 0 Å². The van der Waals surface area contributed by atoms with Crippen LogP contribution in [-0.2, 0) is 11.3 Å². The molecule has 1 fully saturated rings. The third-order valence-corrected chi connectivity index (χ3v) is 3.97. The summed E-state index contributed by atoms with van der Waals surface area (Å²) in [6.07, 6.45) is 0. The van der Waals surface area contributed by atoms with Gasteiger partial charge in [0.1, 0.15) is 0 Å². The number of carbonyl (C=O) groups is 2. The van der Waals surface area contributed by atoms with Crippen LogP contribution in [0.3, 0.4) is 0 Å². The molecule has 0 aromatic heterocycles. The maximum atomic E-state index is 11.9. The van der Waals surface area contributed by atoms with Gasteiger partial charge in [0.05, 0.1) is 6.04 Å². The average molecular weight is 293 g/mol. The minimum absolute atomic E-state index is 0.0124. The maximum absolute atomic E-state index is 11.9. The maximum Gasteiger partial charge on any atom is 0.251 e. The molecule has 1 unspecified atom stereocenters. The Hall–Kier alpha value is -1.53. The van der Waals surface area contributed by atoms with Crippen LogP contribution >= 0.6 is 11.8 Å².